The van der Waals surface area contributed by atoms with Gasteiger partial charge >= 0.3 is 11.9 Å². The lowest BCUT2D eigenvalue weighted by Crippen LogP contribution is -2.38. The summed E-state index contributed by atoms with van der Waals surface area (Å²) in [5, 5.41) is 3.99. The molecule has 26 heavy (non-hydrogen) atoms. The average Bonchev–Trinajstić information content (AvgIpc) is 3.12. The Morgan fingerprint density at radius 1 is 1.23 bits per heavy atom. The smallest absolute Gasteiger partial charge is 0.355 e. The predicted octanol–water partition coefficient (Wildman–Crippen LogP) is 0.305. The number of anilines is 1. The molecule has 2 aliphatic heterocycles. The van der Waals surface area contributed by atoms with Gasteiger partial charge in [0, 0.05) is 11.3 Å². The summed E-state index contributed by atoms with van der Waals surface area (Å²) >= 11 is 0. The lowest BCUT2D eigenvalue weighted by molar-refractivity contribution is -0.140. The number of hydrogen-bond acceptors (Lipinski definition) is 8. The third-order valence-electron chi connectivity index (χ3n) is 3.97. The molecular weight excluding hydrogens is 342 g/mol. The number of nitrogens with zero attached hydrogens (tertiary/aromatic N) is 2. The highest BCUT2D eigenvalue weighted by Gasteiger charge is 2.32. The van der Waals surface area contributed by atoms with Gasteiger partial charge in [-0.25, -0.2) is 15.0 Å². The second-order valence-corrected chi connectivity index (χ2v) is 5.54. The van der Waals surface area contributed by atoms with Crippen molar-refractivity contribution in [2.75, 3.05) is 32.5 Å². The van der Waals surface area contributed by atoms with E-state index in [0.29, 0.717) is 11.4 Å². The third-order valence-corrected chi connectivity index (χ3v) is 3.97. The van der Waals surface area contributed by atoms with Gasteiger partial charge in [-0.3, -0.25) is 4.79 Å². The summed E-state index contributed by atoms with van der Waals surface area (Å²) in [6.45, 7) is -0.00351. The summed E-state index contributed by atoms with van der Waals surface area (Å²) in [6, 6.07) is 7.07. The maximum atomic E-state index is 12.3. The van der Waals surface area contributed by atoms with Crippen LogP contribution in [0, 0.1) is 0 Å². The van der Waals surface area contributed by atoms with E-state index in [-0.39, 0.29) is 36.9 Å². The average molecular weight is 359 g/mol. The Kier molecular flexibility index (Phi) is 4.99. The highest BCUT2D eigenvalue weighted by molar-refractivity contribution is 6.14. The van der Waals surface area contributed by atoms with Crippen molar-refractivity contribution in [1.82, 2.24) is 5.43 Å². The Labute approximate surface area is 149 Å². The van der Waals surface area contributed by atoms with Crippen LogP contribution in [0.25, 0.3) is 0 Å². The van der Waals surface area contributed by atoms with Crippen molar-refractivity contribution in [3.05, 3.63) is 41.1 Å². The Morgan fingerprint density at radius 3 is 2.65 bits per heavy atom. The zero-order chi connectivity index (χ0) is 18.7. The number of rotatable bonds is 4. The van der Waals surface area contributed by atoms with Crippen LogP contribution in [0.5, 0.6) is 0 Å². The van der Waals surface area contributed by atoms with Crippen molar-refractivity contribution in [2.45, 2.75) is 6.42 Å². The second-order valence-electron chi connectivity index (χ2n) is 5.54. The topological polar surface area (TPSA) is 107 Å². The Bertz CT molecular complexity index is 830. The molecule has 9 nitrogen and oxygen atoms in total. The van der Waals surface area contributed by atoms with Crippen LogP contribution >= 0.6 is 0 Å². The van der Waals surface area contributed by atoms with Crippen molar-refractivity contribution in [1.29, 1.82) is 0 Å². The van der Waals surface area contributed by atoms with E-state index >= 15 is 0 Å². The maximum Gasteiger partial charge on any atom is 0.355 e. The molecule has 0 bridgehead atoms. The Morgan fingerprint density at radius 2 is 2.00 bits per heavy atom. The summed E-state index contributed by atoms with van der Waals surface area (Å²) in [4.78, 5) is 37.2. The summed E-state index contributed by atoms with van der Waals surface area (Å²) in [6.07, 6.45) is 0.174. The third kappa shape index (κ3) is 3.29. The van der Waals surface area contributed by atoms with Gasteiger partial charge in [0.15, 0.2) is 0 Å². The number of hydrazone groups is 1. The Balaban J connectivity index is 2.02. The van der Waals surface area contributed by atoms with Crippen LogP contribution in [0.4, 0.5) is 5.69 Å². The van der Waals surface area contributed by atoms with E-state index in [1.807, 2.05) is 0 Å². The SMILES string of the molecule is COC(=O)C1=C(C(=O)OC)N(c2cccc(C3=NNC(=O)C3)c2)COC1. The number of benzene rings is 1. The molecule has 0 unspecified atom stereocenters. The highest BCUT2D eigenvalue weighted by Crippen LogP contribution is 2.28. The van der Waals surface area contributed by atoms with Crippen molar-refractivity contribution < 1.29 is 28.6 Å². The second kappa shape index (κ2) is 7.36. The zero-order valence-corrected chi connectivity index (χ0v) is 14.3. The van der Waals surface area contributed by atoms with E-state index in [1.54, 1.807) is 24.3 Å². The van der Waals surface area contributed by atoms with E-state index in [2.05, 4.69) is 10.5 Å². The molecule has 1 aromatic rings. The summed E-state index contributed by atoms with van der Waals surface area (Å²) in [5.74, 6) is -1.52. The number of methoxy groups -OCH3 is 2. The Hall–Kier alpha value is -3.20. The van der Waals surface area contributed by atoms with Crippen LogP contribution < -0.4 is 10.3 Å². The number of carbonyl (C=O) groups excluding carboxylic acids is 3. The number of amides is 1. The van der Waals surface area contributed by atoms with Crippen LogP contribution in [0.1, 0.15) is 12.0 Å². The van der Waals surface area contributed by atoms with E-state index < -0.39 is 11.9 Å². The van der Waals surface area contributed by atoms with E-state index in [0.717, 1.165) is 5.56 Å². The minimum Gasteiger partial charge on any atom is -0.466 e. The van der Waals surface area contributed by atoms with Crippen LogP contribution in [0.2, 0.25) is 0 Å². The zero-order valence-electron chi connectivity index (χ0n) is 14.3. The first-order chi connectivity index (χ1) is 12.5. The first kappa shape index (κ1) is 17.6. The van der Waals surface area contributed by atoms with Crippen LogP contribution in [-0.2, 0) is 28.6 Å². The van der Waals surface area contributed by atoms with Crippen molar-refractivity contribution >= 4 is 29.2 Å². The monoisotopic (exact) mass is 359 g/mol. The number of carbonyl (C=O) groups is 3. The van der Waals surface area contributed by atoms with Crippen LogP contribution in [0.15, 0.2) is 40.6 Å². The van der Waals surface area contributed by atoms with Gasteiger partial charge in [0.25, 0.3) is 0 Å². The largest absolute Gasteiger partial charge is 0.466 e. The lowest BCUT2D eigenvalue weighted by atomic mass is 10.1. The highest BCUT2D eigenvalue weighted by atomic mass is 16.5. The van der Waals surface area contributed by atoms with Gasteiger partial charge < -0.3 is 19.1 Å². The molecule has 0 aliphatic carbocycles. The number of ether oxygens (including phenoxy) is 3. The van der Waals surface area contributed by atoms with Gasteiger partial charge in [-0.2, -0.15) is 5.10 Å². The molecule has 0 saturated carbocycles. The lowest BCUT2D eigenvalue weighted by Gasteiger charge is -2.31. The van der Waals surface area contributed by atoms with Crippen LogP contribution in [0.3, 0.4) is 0 Å². The molecule has 3 rings (SSSR count). The molecule has 0 saturated heterocycles. The van der Waals surface area contributed by atoms with Gasteiger partial charge in [-0.1, -0.05) is 12.1 Å². The van der Waals surface area contributed by atoms with Gasteiger partial charge in [-0.05, 0) is 12.1 Å². The molecule has 2 heterocycles. The quantitative estimate of drug-likeness (QED) is 0.771. The normalized spacial score (nSPS) is 16.9. The van der Waals surface area contributed by atoms with Crippen molar-refractivity contribution in [3.8, 4) is 0 Å². The molecule has 0 spiro atoms. The minimum absolute atomic E-state index is 0.0536. The summed E-state index contributed by atoms with van der Waals surface area (Å²) in [5.41, 5.74) is 4.43. The first-order valence-corrected chi connectivity index (χ1v) is 7.76. The fourth-order valence-electron chi connectivity index (χ4n) is 2.73. The molecule has 1 aromatic carbocycles. The molecule has 0 aromatic heterocycles. The number of nitrogens with one attached hydrogen (secondary N) is 1. The molecule has 136 valence electrons. The minimum atomic E-state index is -0.672. The van der Waals surface area contributed by atoms with E-state index in [1.165, 1.54) is 19.1 Å². The van der Waals surface area contributed by atoms with Crippen LogP contribution in [-0.4, -0.2) is 51.1 Å². The maximum absolute atomic E-state index is 12.3. The molecule has 1 amide bonds. The summed E-state index contributed by atoms with van der Waals surface area (Å²) < 4.78 is 15.0. The summed E-state index contributed by atoms with van der Waals surface area (Å²) in [7, 11) is 2.46. The molecule has 9 heteroatoms. The molecule has 1 N–H and O–H groups in total. The first-order valence-electron chi connectivity index (χ1n) is 7.76. The fraction of sp³-hybridized carbons (Fsp3) is 0.294. The van der Waals surface area contributed by atoms with Crippen molar-refractivity contribution in [3.63, 3.8) is 0 Å². The van der Waals surface area contributed by atoms with Gasteiger partial charge in [-0.15, -0.1) is 0 Å². The van der Waals surface area contributed by atoms with Gasteiger partial charge in [0.2, 0.25) is 5.91 Å². The van der Waals surface area contributed by atoms with E-state index in [4.69, 9.17) is 14.2 Å². The predicted molar refractivity (Wildman–Crippen MR) is 90.1 cm³/mol. The van der Waals surface area contributed by atoms with Gasteiger partial charge in [0.05, 0.1) is 38.5 Å². The molecule has 0 atom stereocenters. The molecular formula is C17H17N3O6. The molecule has 0 fully saturated rings. The molecule has 2 aliphatic rings. The fourth-order valence-corrected chi connectivity index (χ4v) is 2.73. The van der Waals surface area contributed by atoms with Gasteiger partial charge in [0.1, 0.15) is 12.4 Å². The number of hydrogen-bond donors (Lipinski definition) is 1. The van der Waals surface area contributed by atoms with E-state index in [9.17, 15) is 14.4 Å². The van der Waals surface area contributed by atoms with Crippen molar-refractivity contribution in [2.24, 2.45) is 5.10 Å². The standard InChI is InChI=1S/C17H17N3O6/c1-24-16(22)12-8-26-9-20(15(12)17(23)25-2)11-5-3-4-10(6-11)13-7-14(21)19-18-13/h3-6H,7-9H2,1-2H3,(H,19,21). The molecule has 0 radical (unpaired) electrons. The number of esters is 2.